The lowest BCUT2D eigenvalue weighted by atomic mass is 10.2. The summed E-state index contributed by atoms with van der Waals surface area (Å²) in [5, 5.41) is 3.47. The van der Waals surface area contributed by atoms with Gasteiger partial charge in [-0.2, -0.15) is 0 Å². The summed E-state index contributed by atoms with van der Waals surface area (Å²) in [6, 6.07) is 6.80. The van der Waals surface area contributed by atoms with Crippen LogP contribution >= 0.6 is 24.0 Å². The number of guanidine groups is 1. The molecule has 0 unspecified atom stereocenters. The van der Waals surface area contributed by atoms with Gasteiger partial charge in [0.25, 0.3) is 0 Å². The van der Waals surface area contributed by atoms with E-state index < -0.39 is 0 Å². The minimum absolute atomic E-state index is 0. The van der Waals surface area contributed by atoms with Gasteiger partial charge in [-0.05, 0) is 30.7 Å². The Morgan fingerprint density at radius 3 is 2.52 bits per heavy atom. The van der Waals surface area contributed by atoms with Crippen molar-refractivity contribution in [2.75, 3.05) is 86.2 Å². The number of carbonyl (C=O) groups excluding carboxylic acids is 1. The summed E-state index contributed by atoms with van der Waals surface area (Å²) in [6.07, 6.45) is 1.01. The second kappa shape index (κ2) is 14.7. The molecular weight excluding hydrogens is 538 g/mol. The number of aliphatic imine (C=N–C) groups is 1. The smallest absolute Gasteiger partial charge is 0.243 e. The Morgan fingerprint density at radius 1 is 1.12 bits per heavy atom. The van der Waals surface area contributed by atoms with E-state index in [1.165, 1.54) is 6.07 Å². The molecule has 0 aliphatic carbocycles. The maximum Gasteiger partial charge on any atom is 0.243 e. The third-order valence-electron chi connectivity index (χ3n) is 5.87. The third kappa shape index (κ3) is 9.71. The monoisotopic (exact) mass is 576 g/mol. The molecule has 2 aliphatic rings. The van der Waals surface area contributed by atoms with Crippen LogP contribution in [0.3, 0.4) is 0 Å². The first-order valence-corrected chi connectivity index (χ1v) is 11.5. The van der Waals surface area contributed by atoms with Crippen molar-refractivity contribution < 1.29 is 13.9 Å². The molecule has 186 valence electrons. The summed E-state index contributed by atoms with van der Waals surface area (Å²) in [7, 11) is 3.50. The van der Waals surface area contributed by atoms with E-state index in [1.807, 2.05) is 6.07 Å². The van der Waals surface area contributed by atoms with Gasteiger partial charge in [-0.1, -0.05) is 12.1 Å². The quantitative estimate of drug-likeness (QED) is 0.218. The molecule has 0 aromatic heterocycles. The molecular formula is C23H38FIN6O2. The predicted octanol–water partition coefficient (Wildman–Crippen LogP) is 1.32. The number of ether oxygens (including phenoxy) is 1. The lowest BCUT2D eigenvalue weighted by Crippen LogP contribution is -2.52. The van der Waals surface area contributed by atoms with Gasteiger partial charge in [0.1, 0.15) is 12.4 Å². The summed E-state index contributed by atoms with van der Waals surface area (Å²) >= 11 is 0. The number of likely N-dealkylation sites (N-methyl/N-ethyl adjacent to an activating group) is 1. The summed E-state index contributed by atoms with van der Waals surface area (Å²) in [4.78, 5) is 25.2. The third-order valence-corrected chi connectivity index (χ3v) is 5.87. The number of hydrogen-bond donors (Lipinski definition) is 1. The van der Waals surface area contributed by atoms with Crippen LogP contribution in [-0.4, -0.2) is 118 Å². The first-order valence-electron chi connectivity index (χ1n) is 11.5. The fourth-order valence-electron chi connectivity index (χ4n) is 3.89. The Morgan fingerprint density at radius 2 is 1.85 bits per heavy atom. The van der Waals surface area contributed by atoms with Crippen LogP contribution in [0.15, 0.2) is 29.3 Å². The molecule has 33 heavy (non-hydrogen) atoms. The molecule has 2 saturated heterocycles. The Hall–Kier alpha value is -1.50. The maximum absolute atomic E-state index is 13.5. The van der Waals surface area contributed by atoms with E-state index in [0.29, 0.717) is 0 Å². The Labute approximate surface area is 214 Å². The number of hydrogen-bond acceptors (Lipinski definition) is 5. The van der Waals surface area contributed by atoms with E-state index in [4.69, 9.17) is 4.74 Å². The summed E-state index contributed by atoms with van der Waals surface area (Å²) in [5.74, 6) is 0.595. The van der Waals surface area contributed by atoms with Crippen LogP contribution in [0.4, 0.5) is 4.39 Å². The molecule has 0 saturated carbocycles. The lowest BCUT2D eigenvalue weighted by Gasteiger charge is -2.36. The summed E-state index contributed by atoms with van der Waals surface area (Å²) in [5.41, 5.74) is 0.991. The number of piperazine rings is 1. The second-order valence-corrected chi connectivity index (χ2v) is 8.56. The first-order chi connectivity index (χ1) is 15.5. The first kappa shape index (κ1) is 27.7. The predicted molar refractivity (Wildman–Crippen MR) is 140 cm³/mol. The van der Waals surface area contributed by atoms with Crippen molar-refractivity contribution in [3.05, 3.63) is 35.6 Å². The van der Waals surface area contributed by atoms with Crippen molar-refractivity contribution in [2.24, 2.45) is 4.99 Å². The zero-order chi connectivity index (χ0) is 22.8. The van der Waals surface area contributed by atoms with Gasteiger partial charge in [0.2, 0.25) is 5.91 Å². The molecule has 1 amide bonds. The average Bonchev–Trinajstić information content (AvgIpc) is 2.79. The van der Waals surface area contributed by atoms with E-state index in [1.54, 1.807) is 31.1 Å². The van der Waals surface area contributed by atoms with E-state index in [-0.39, 0.29) is 42.2 Å². The molecule has 1 aromatic carbocycles. The van der Waals surface area contributed by atoms with Crippen molar-refractivity contribution in [1.29, 1.82) is 0 Å². The Kier molecular flexibility index (Phi) is 12.4. The lowest BCUT2D eigenvalue weighted by molar-refractivity contribution is -0.127. The standard InChI is InChI=1S/C23H37FN6O2.HI/c1-27(2)22(31)18-26-23(25-7-4-8-28-13-15-32-16-14-28)30-11-9-29(10-12-30)19-20-5-3-6-21(24)17-20;/h3,5-6,17H,4,7-16,18-19H2,1-2H3,(H,25,26);1H. The van der Waals surface area contributed by atoms with Crippen LogP contribution in [0.1, 0.15) is 12.0 Å². The van der Waals surface area contributed by atoms with Crippen LogP contribution in [0, 0.1) is 5.82 Å². The number of carbonyl (C=O) groups is 1. The molecule has 2 heterocycles. The number of halogens is 2. The van der Waals surface area contributed by atoms with Gasteiger partial charge in [0.05, 0.1) is 13.2 Å². The zero-order valence-electron chi connectivity index (χ0n) is 19.8. The van der Waals surface area contributed by atoms with E-state index in [9.17, 15) is 9.18 Å². The number of benzene rings is 1. The normalized spacial score (nSPS) is 18.0. The van der Waals surface area contributed by atoms with Gasteiger partial charge in [-0.3, -0.25) is 14.6 Å². The van der Waals surface area contributed by atoms with Crippen molar-refractivity contribution in [1.82, 2.24) is 24.9 Å². The molecule has 0 bridgehead atoms. The molecule has 0 atom stereocenters. The highest BCUT2D eigenvalue weighted by molar-refractivity contribution is 14.0. The van der Waals surface area contributed by atoms with Crippen molar-refractivity contribution in [2.45, 2.75) is 13.0 Å². The van der Waals surface area contributed by atoms with Crippen LogP contribution in [0.25, 0.3) is 0 Å². The number of amides is 1. The van der Waals surface area contributed by atoms with Crippen LogP contribution in [-0.2, 0) is 16.1 Å². The van der Waals surface area contributed by atoms with Crippen molar-refractivity contribution in [3.63, 3.8) is 0 Å². The Bertz CT molecular complexity index is 752. The molecule has 1 N–H and O–H groups in total. The number of morpholine rings is 1. The summed E-state index contributed by atoms with van der Waals surface area (Å²) in [6.45, 7) is 9.71. The minimum Gasteiger partial charge on any atom is -0.379 e. The molecule has 10 heteroatoms. The Balaban J connectivity index is 0.00000385. The zero-order valence-corrected chi connectivity index (χ0v) is 22.2. The molecule has 0 radical (unpaired) electrons. The molecule has 2 aliphatic heterocycles. The van der Waals surface area contributed by atoms with Crippen LogP contribution in [0.2, 0.25) is 0 Å². The molecule has 3 rings (SSSR count). The fraction of sp³-hybridized carbons (Fsp3) is 0.652. The van der Waals surface area contributed by atoms with Gasteiger partial charge >= 0.3 is 0 Å². The second-order valence-electron chi connectivity index (χ2n) is 8.56. The highest BCUT2D eigenvalue weighted by atomic mass is 127. The van der Waals surface area contributed by atoms with Crippen molar-refractivity contribution >= 4 is 35.8 Å². The fourth-order valence-corrected chi connectivity index (χ4v) is 3.89. The molecule has 2 fully saturated rings. The van der Waals surface area contributed by atoms with Gasteiger partial charge in [-0.25, -0.2) is 9.38 Å². The topological polar surface area (TPSA) is 63.7 Å². The van der Waals surface area contributed by atoms with Crippen LogP contribution < -0.4 is 5.32 Å². The average molecular weight is 576 g/mol. The molecule has 8 nitrogen and oxygen atoms in total. The van der Waals surface area contributed by atoms with Gasteiger partial charge in [0, 0.05) is 66.5 Å². The number of nitrogens with zero attached hydrogens (tertiary/aromatic N) is 5. The maximum atomic E-state index is 13.5. The number of nitrogens with one attached hydrogen (secondary N) is 1. The van der Waals surface area contributed by atoms with E-state index in [2.05, 4.69) is 25.0 Å². The number of rotatable bonds is 8. The highest BCUT2D eigenvalue weighted by Gasteiger charge is 2.20. The van der Waals surface area contributed by atoms with Crippen molar-refractivity contribution in [3.8, 4) is 0 Å². The van der Waals surface area contributed by atoms with Gasteiger partial charge in [-0.15, -0.1) is 24.0 Å². The molecule has 0 spiro atoms. The largest absolute Gasteiger partial charge is 0.379 e. The molecule has 1 aromatic rings. The minimum atomic E-state index is -0.192. The van der Waals surface area contributed by atoms with Gasteiger partial charge < -0.3 is 19.9 Å². The van der Waals surface area contributed by atoms with E-state index in [0.717, 1.165) is 90.1 Å². The highest BCUT2D eigenvalue weighted by Crippen LogP contribution is 2.10. The van der Waals surface area contributed by atoms with Crippen LogP contribution in [0.5, 0.6) is 0 Å². The van der Waals surface area contributed by atoms with Gasteiger partial charge in [0.15, 0.2) is 5.96 Å². The van der Waals surface area contributed by atoms with E-state index >= 15 is 0 Å². The summed E-state index contributed by atoms with van der Waals surface area (Å²) < 4.78 is 18.9. The SMILES string of the molecule is CN(C)C(=O)CN=C(NCCCN1CCOCC1)N1CCN(Cc2cccc(F)c2)CC1.I.